The highest BCUT2D eigenvalue weighted by molar-refractivity contribution is 7.90. The Kier molecular flexibility index (Phi) is 10.8. The number of halogens is 1. The number of carbonyl (C=O) groups excluding carboxylic acids is 1. The number of ether oxygens (including phenoxy) is 2. The van der Waals surface area contributed by atoms with Gasteiger partial charge < -0.3 is 14.4 Å². The normalized spacial score (nSPS) is 30.8. The van der Waals surface area contributed by atoms with Gasteiger partial charge in [0.05, 0.1) is 24.2 Å². The molecule has 6 rings (SSSR count). The standard InChI is InChI=1S/C37H52ClN3O5S/c1-26-7-6-9-30(23-40-17-19-45-20-18-40)33-14-15-37(33,3)25-41-16-5-4-8-28-21-32(38)12-10-31(28)24-46-35-13-11-29(22-34(35)41)36(42)39-47(43,44)27(26)2/h10-13,21-22,26-27,30,33H,4-9,14-20,23-25H2,1-3H3,(H,39,42)/t26-,27+,30-,33-,37?/m0/s1. The highest BCUT2D eigenvalue weighted by Crippen LogP contribution is 2.53. The molecule has 47 heavy (non-hydrogen) atoms. The molecule has 2 aromatic rings. The van der Waals surface area contributed by atoms with Crippen LogP contribution in [0.4, 0.5) is 5.69 Å². The molecule has 2 aromatic carbocycles. The van der Waals surface area contributed by atoms with Crippen LogP contribution in [0.15, 0.2) is 36.4 Å². The second-order valence-electron chi connectivity index (χ2n) is 14.8. The number of amides is 1. The number of sulfonamides is 1. The number of anilines is 1. The average Bonchev–Trinajstić information content (AvgIpc) is 3.07. The van der Waals surface area contributed by atoms with Crippen LogP contribution in [-0.2, 0) is 27.8 Å². The van der Waals surface area contributed by atoms with Gasteiger partial charge in [-0.2, -0.15) is 0 Å². The van der Waals surface area contributed by atoms with Crippen molar-refractivity contribution in [1.82, 2.24) is 9.62 Å². The molecule has 3 heterocycles. The van der Waals surface area contributed by atoms with Crippen LogP contribution in [0.3, 0.4) is 0 Å². The van der Waals surface area contributed by atoms with Crippen molar-refractivity contribution in [2.45, 2.75) is 84.0 Å². The molecule has 2 fully saturated rings. The Morgan fingerprint density at radius 1 is 0.979 bits per heavy atom. The van der Waals surface area contributed by atoms with E-state index >= 15 is 0 Å². The summed E-state index contributed by atoms with van der Waals surface area (Å²) < 4.78 is 41.5. The Morgan fingerprint density at radius 2 is 1.79 bits per heavy atom. The minimum absolute atomic E-state index is 0.0703. The Bertz CT molecular complexity index is 1530. The van der Waals surface area contributed by atoms with Crippen molar-refractivity contribution in [2.75, 3.05) is 50.8 Å². The van der Waals surface area contributed by atoms with Gasteiger partial charge in [0.25, 0.3) is 5.91 Å². The molecule has 1 saturated carbocycles. The van der Waals surface area contributed by atoms with E-state index in [4.69, 9.17) is 21.1 Å². The van der Waals surface area contributed by atoms with Gasteiger partial charge in [-0.3, -0.25) is 9.69 Å². The molecule has 1 unspecified atom stereocenters. The van der Waals surface area contributed by atoms with Crippen LogP contribution in [0.25, 0.3) is 0 Å². The van der Waals surface area contributed by atoms with Crippen molar-refractivity contribution < 1.29 is 22.7 Å². The predicted octanol–water partition coefficient (Wildman–Crippen LogP) is 6.69. The van der Waals surface area contributed by atoms with Crippen LogP contribution in [0.1, 0.15) is 87.2 Å². The SMILES string of the molecule is C[C@@H]1[C@@H](C)CCC[C@@H](CN2CCOCC2)[C@@H]2CCC2(C)CN2CCCCc3cc(Cl)ccc3COc3ccc(cc32)C(=O)NS1(=O)=O. The summed E-state index contributed by atoms with van der Waals surface area (Å²) in [6.45, 7) is 12.9. The van der Waals surface area contributed by atoms with Crippen LogP contribution in [0.2, 0.25) is 5.02 Å². The maximum Gasteiger partial charge on any atom is 0.264 e. The molecule has 8 nitrogen and oxygen atoms in total. The smallest absolute Gasteiger partial charge is 0.264 e. The van der Waals surface area contributed by atoms with Crippen molar-refractivity contribution in [1.29, 1.82) is 0 Å². The maximum absolute atomic E-state index is 13.5. The fourth-order valence-electron chi connectivity index (χ4n) is 8.35. The number of aryl methyl sites for hydroxylation is 1. The molecular weight excluding hydrogens is 634 g/mol. The lowest BCUT2D eigenvalue weighted by molar-refractivity contribution is -0.0271. The molecule has 5 atom stereocenters. The van der Waals surface area contributed by atoms with E-state index < -0.39 is 21.2 Å². The van der Waals surface area contributed by atoms with Gasteiger partial charge in [0, 0.05) is 43.3 Å². The van der Waals surface area contributed by atoms with Gasteiger partial charge >= 0.3 is 0 Å². The van der Waals surface area contributed by atoms with Crippen LogP contribution in [-0.4, -0.2) is 70.4 Å². The van der Waals surface area contributed by atoms with Gasteiger partial charge in [-0.05, 0) is 116 Å². The quantitative estimate of drug-likeness (QED) is 0.377. The highest BCUT2D eigenvalue weighted by atomic mass is 35.5. The van der Waals surface area contributed by atoms with Crippen molar-refractivity contribution >= 4 is 33.2 Å². The third-order valence-corrected chi connectivity index (χ3v) is 13.8. The summed E-state index contributed by atoms with van der Waals surface area (Å²) in [6.07, 6.45) is 8.15. The molecule has 1 saturated heterocycles. The van der Waals surface area contributed by atoms with Gasteiger partial charge in [0.15, 0.2) is 0 Å². The molecule has 1 amide bonds. The van der Waals surface area contributed by atoms with Crippen molar-refractivity contribution in [3.63, 3.8) is 0 Å². The summed E-state index contributed by atoms with van der Waals surface area (Å²) in [6, 6.07) is 11.4. The number of morpholine rings is 1. The van der Waals surface area contributed by atoms with Gasteiger partial charge in [0.1, 0.15) is 12.4 Å². The first-order chi connectivity index (χ1) is 22.5. The summed E-state index contributed by atoms with van der Waals surface area (Å²) in [5.74, 6) is 1.14. The monoisotopic (exact) mass is 685 g/mol. The molecule has 2 bridgehead atoms. The lowest BCUT2D eigenvalue weighted by Gasteiger charge is -2.54. The Balaban J connectivity index is 1.38. The summed E-state index contributed by atoms with van der Waals surface area (Å²) in [7, 11) is -3.87. The van der Waals surface area contributed by atoms with E-state index in [9.17, 15) is 13.2 Å². The van der Waals surface area contributed by atoms with Crippen molar-refractivity contribution in [3.05, 3.63) is 58.1 Å². The second kappa shape index (κ2) is 14.7. The first-order valence-corrected chi connectivity index (χ1v) is 19.6. The first kappa shape index (κ1) is 34.5. The summed E-state index contributed by atoms with van der Waals surface area (Å²) >= 11 is 6.38. The lowest BCUT2D eigenvalue weighted by atomic mass is 9.55. The molecule has 4 aliphatic rings. The largest absolute Gasteiger partial charge is 0.487 e. The number of nitrogens with one attached hydrogen (secondary N) is 1. The zero-order valence-corrected chi connectivity index (χ0v) is 29.9. The predicted molar refractivity (Wildman–Crippen MR) is 188 cm³/mol. The highest BCUT2D eigenvalue weighted by Gasteiger charge is 2.48. The number of fused-ring (bicyclic) bond motifs is 3. The zero-order valence-electron chi connectivity index (χ0n) is 28.3. The van der Waals surface area contributed by atoms with Crippen LogP contribution in [0.5, 0.6) is 5.75 Å². The summed E-state index contributed by atoms with van der Waals surface area (Å²) in [5.41, 5.74) is 3.62. The van der Waals surface area contributed by atoms with Crippen LogP contribution < -0.4 is 14.4 Å². The topological polar surface area (TPSA) is 88.2 Å². The first-order valence-electron chi connectivity index (χ1n) is 17.7. The van der Waals surface area contributed by atoms with E-state index in [0.29, 0.717) is 29.8 Å². The molecule has 0 spiro atoms. The molecule has 0 aromatic heterocycles. The molecule has 258 valence electrons. The summed E-state index contributed by atoms with van der Waals surface area (Å²) in [4.78, 5) is 18.5. The van der Waals surface area contributed by atoms with E-state index in [2.05, 4.69) is 21.4 Å². The Hall–Kier alpha value is -2.33. The van der Waals surface area contributed by atoms with E-state index in [-0.39, 0.29) is 11.3 Å². The van der Waals surface area contributed by atoms with Gasteiger partial charge in [-0.1, -0.05) is 37.9 Å². The number of carbonyl (C=O) groups is 1. The number of rotatable bonds is 2. The number of hydrogen-bond donors (Lipinski definition) is 1. The molecular formula is C37H52ClN3O5S. The van der Waals surface area contributed by atoms with E-state index in [1.54, 1.807) is 13.0 Å². The number of benzene rings is 2. The minimum atomic E-state index is -3.87. The Labute approximate surface area is 286 Å². The van der Waals surface area contributed by atoms with Crippen molar-refractivity contribution in [2.24, 2.45) is 23.2 Å². The van der Waals surface area contributed by atoms with Crippen molar-refractivity contribution in [3.8, 4) is 5.75 Å². The number of nitrogens with zero attached hydrogens (tertiary/aromatic N) is 2. The fourth-order valence-corrected chi connectivity index (χ4v) is 9.86. The third kappa shape index (κ3) is 7.95. The number of hydrogen-bond acceptors (Lipinski definition) is 7. The van der Waals surface area contributed by atoms with Gasteiger partial charge in [-0.25, -0.2) is 13.1 Å². The lowest BCUT2D eigenvalue weighted by Crippen LogP contribution is -2.52. The van der Waals surface area contributed by atoms with E-state index in [1.165, 1.54) is 18.4 Å². The molecule has 1 aliphatic carbocycles. The van der Waals surface area contributed by atoms with E-state index in [1.807, 2.05) is 37.3 Å². The van der Waals surface area contributed by atoms with Gasteiger partial charge in [0.2, 0.25) is 10.0 Å². The average molecular weight is 686 g/mol. The van der Waals surface area contributed by atoms with E-state index in [0.717, 1.165) is 101 Å². The molecule has 3 aliphatic heterocycles. The second-order valence-corrected chi connectivity index (χ2v) is 17.3. The maximum atomic E-state index is 13.5. The molecule has 1 N–H and O–H groups in total. The molecule has 10 heteroatoms. The molecule has 0 radical (unpaired) electrons. The zero-order chi connectivity index (χ0) is 33.2. The van der Waals surface area contributed by atoms with Crippen LogP contribution >= 0.6 is 11.6 Å². The van der Waals surface area contributed by atoms with Crippen LogP contribution in [0, 0.1) is 23.2 Å². The summed E-state index contributed by atoms with van der Waals surface area (Å²) in [5, 5.41) is 0.0503. The fraction of sp³-hybridized carbons (Fsp3) is 0.649. The minimum Gasteiger partial charge on any atom is -0.487 e. The third-order valence-electron chi connectivity index (χ3n) is 11.6. The van der Waals surface area contributed by atoms with Gasteiger partial charge in [-0.15, -0.1) is 0 Å². The Morgan fingerprint density at radius 3 is 2.55 bits per heavy atom.